The largest absolute Gasteiger partial charge is 0.481 e. The Hall–Kier alpha value is -1.26. The van der Waals surface area contributed by atoms with Crippen LogP contribution in [0.2, 0.25) is 0 Å². The van der Waals surface area contributed by atoms with E-state index < -0.39 is 11.9 Å². The van der Waals surface area contributed by atoms with Crippen LogP contribution in [0.15, 0.2) is 0 Å². The number of piperidine rings is 1. The van der Waals surface area contributed by atoms with Crippen LogP contribution in [0.4, 0.5) is 4.79 Å². The number of carbonyl (C=O) groups is 2. The predicted octanol–water partition coefficient (Wildman–Crippen LogP) is 2.71. The molecule has 2 aliphatic rings. The zero-order chi connectivity index (χ0) is 15.2. The highest BCUT2D eigenvalue weighted by atomic mass is 16.4. The molecule has 1 saturated heterocycles. The van der Waals surface area contributed by atoms with Crippen molar-refractivity contribution in [3.05, 3.63) is 0 Å². The normalized spacial score (nSPS) is 30.0. The molecule has 1 atom stereocenters. The van der Waals surface area contributed by atoms with Gasteiger partial charge in [0.25, 0.3) is 0 Å². The summed E-state index contributed by atoms with van der Waals surface area (Å²) in [6.45, 7) is 4.02. The van der Waals surface area contributed by atoms with Crippen LogP contribution in [0, 0.1) is 17.8 Å². The standard InChI is InChI=1S/C16H28N2O3/c1-2-12-5-7-13(8-6-12)10-17-16(21)18-9-3-4-14(11-18)15(19)20/h12-14H,2-11H2,1H3,(H,17,21)(H,19,20)/t12?,13?,14-/m0/s1. The van der Waals surface area contributed by atoms with E-state index in [0.29, 0.717) is 25.4 Å². The van der Waals surface area contributed by atoms with Gasteiger partial charge in [0.05, 0.1) is 5.92 Å². The first-order chi connectivity index (χ1) is 10.1. The molecule has 1 aliphatic heterocycles. The highest BCUT2D eigenvalue weighted by molar-refractivity contribution is 5.76. The number of rotatable bonds is 4. The van der Waals surface area contributed by atoms with Crippen LogP contribution in [0.25, 0.3) is 0 Å². The maximum absolute atomic E-state index is 12.2. The maximum Gasteiger partial charge on any atom is 0.317 e. The highest BCUT2D eigenvalue weighted by Gasteiger charge is 2.28. The quantitative estimate of drug-likeness (QED) is 0.838. The molecular weight excluding hydrogens is 268 g/mol. The van der Waals surface area contributed by atoms with Crippen molar-refractivity contribution in [1.82, 2.24) is 10.2 Å². The molecular formula is C16H28N2O3. The monoisotopic (exact) mass is 296 g/mol. The number of urea groups is 1. The molecule has 1 heterocycles. The first kappa shape index (κ1) is 16.1. The van der Waals surface area contributed by atoms with Crippen molar-refractivity contribution in [3.8, 4) is 0 Å². The number of nitrogens with one attached hydrogen (secondary N) is 1. The van der Waals surface area contributed by atoms with Crippen molar-refractivity contribution in [2.45, 2.75) is 51.9 Å². The summed E-state index contributed by atoms with van der Waals surface area (Å²) in [5.41, 5.74) is 0. The summed E-state index contributed by atoms with van der Waals surface area (Å²) < 4.78 is 0. The van der Waals surface area contributed by atoms with E-state index in [9.17, 15) is 9.59 Å². The third kappa shape index (κ3) is 4.61. The molecule has 120 valence electrons. The van der Waals surface area contributed by atoms with E-state index in [1.54, 1.807) is 4.90 Å². The van der Waals surface area contributed by atoms with E-state index in [-0.39, 0.29) is 6.03 Å². The molecule has 2 amide bonds. The van der Waals surface area contributed by atoms with Gasteiger partial charge in [-0.25, -0.2) is 4.79 Å². The Morgan fingerprint density at radius 2 is 1.81 bits per heavy atom. The van der Waals surface area contributed by atoms with Crippen molar-refractivity contribution in [2.75, 3.05) is 19.6 Å². The van der Waals surface area contributed by atoms with Crippen molar-refractivity contribution in [3.63, 3.8) is 0 Å². The number of amides is 2. The molecule has 0 bridgehead atoms. The third-order valence-corrected chi connectivity index (χ3v) is 5.14. The molecule has 2 rings (SSSR count). The fourth-order valence-electron chi connectivity index (χ4n) is 3.55. The van der Waals surface area contributed by atoms with E-state index in [1.807, 2.05) is 0 Å². The van der Waals surface area contributed by atoms with Crippen molar-refractivity contribution < 1.29 is 14.7 Å². The smallest absolute Gasteiger partial charge is 0.317 e. The van der Waals surface area contributed by atoms with Crippen LogP contribution in [-0.2, 0) is 4.79 Å². The van der Waals surface area contributed by atoms with Gasteiger partial charge in [0.1, 0.15) is 0 Å². The van der Waals surface area contributed by atoms with Gasteiger partial charge < -0.3 is 15.3 Å². The molecule has 5 heteroatoms. The summed E-state index contributed by atoms with van der Waals surface area (Å²) in [6.07, 6.45) is 7.70. The summed E-state index contributed by atoms with van der Waals surface area (Å²) in [7, 11) is 0. The number of nitrogens with zero attached hydrogens (tertiary/aromatic N) is 1. The van der Waals surface area contributed by atoms with E-state index >= 15 is 0 Å². The first-order valence-corrected chi connectivity index (χ1v) is 8.35. The van der Waals surface area contributed by atoms with E-state index in [2.05, 4.69) is 12.2 Å². The number of carboxylic acids is 1. The summed E-state index contributed by atoms with van der Waals surface area (Å²) in [4.78, 5) is 24.8. The summed E-state index contributed by atoms with van der Waals surface area (Å²) >= 11 is 0. The first-order valence-electron chi connectivity index (χ1n) is 8.35. The van der Waals surface area contributed by atoms with Crippen LogP contribution < -0.4 is 5.32 Å². The summed E-state index contributed by atoms with van der Waals surface area (Å²) in [5.74, 6) is 0.280. The Morgan fingerprint density at radius 3 is 2.43 bits per heavy atom. The van der Waals surface area contributed by atoms with Gasteiger partial charge in [0.15, 0.2) is 0 Å². The SMILES string of the molecule is CCC1CCC(CNC(=O)N2CCC[C@H](C(=O)O)C2)CC1. The Labute approximate surface area is 127 Å². The molecule has 21 heavy (non-hydrogen) atoms. The molecule has 0 unspecified atom stereocenters. The van der Waals surface area contributed by atoms with Gasteiger partial charge in [-0.2, -0.15) is 0 Å². The van der Waals surface area contributed by atoms with Gasteiger partial charge in [-0.3, -0.25) is 4.79 Å². The molecule has 0 spiro atoms. The summed E-state index contributed by atoms with van der Waals surface area (Å²) in [5, 5.41) is 12.1. The zero-order valence-corrected chi connectivity index (χ0v) is 13.0. The minimum atomic E-state index is -0.787. The van der Waals surface area contributed by atoms with Gasteiger partial charge in [-0.15, -0.1) is 0 Å². The van der Waals surface area contributed by atoms with Crippen LogP contribution in [-0.4, -0.2) is 41.6 Å². The average Bonchev–Trinajstić information content (AvgIpc) is 2.53. The minimum absolute atomic E-state index is 0.0847. The molecule has 1 saturated carbocycles. The average molecular weight is 296 g/mol. The van der Waals surface area contributed by atoms with Gasteiger partial charge in [0.2, 0.25) is 0 Å². The lowest BCUT2D eigenvalue weighted by Gasteiger charge is -2.32. The third-order valence-electron chi connectivity index (χ3n) is 5.14. The lowest BCUT2D eigenvalue weighted by atomic mass is 9.81. The van der Waals surface area contributed by atoms with E-state index in [1.165, 1.54) is 32.1 Å². The molecule has 5 nitrogen and oxygen atoms in total. The van der Waals surface area contributed by atoms with Crippen molar-refractivity contribution in [1.29, 1.82) is 0 Å². The Kier molecular flexibility index (Phi) is 5.88. The Bertz CT molecular complexity index is 365. The van der Waals surface area contributed by atoms with Crippen LogP contribution in [0.3, 0.4) is 0 Å². The van der Waals surface area contributed by atoms with Crippen LogP contribution >= 0.6 is 0 Å². The summed E-state index contributed by atoms with van der Waals surface area (Å²) in [6, 6.07) is -0.0847. The number of likely N-dealkylation sites (tertiary alicyclic amines) is 1. The van der Waals surface area contributed by atoms with E-state index in [0.717, 1.165) is 18.9 Å². The highest BCUT2D eigenvalue weighted by Crippen LogP contribution is 2.30. The number of hydrogen-bond donors (Lipinski definition) is 2. The van der Waals surface area contributed by atoms with Crippen molar-refractivity contribution in [2.24, 2.45) is 17.8 Å². The second-order valence-corrected chi connectivity index (χ2v) is 6.60. The Morgan fingerprint density at radius 1 is 1.14 bits per heavy atom. The van der Waals surface area contributed by atoms with Crippen LogP contribution in [0.5, 0.6) is 0 Å². The maximum atomic E-state index is 12.2. The zero-order valence-electron chi connectivity index (χ0n) is 13.0. The number of aliphatic carboxylic acids is 1. The second kappa shape index (κ2) is 7.66. The molecule has 1 aliphatic carbocycles. The molecule has 2 N–H and O–H groups in total. The number of carbonyl (C=O) groups excluding carboxylic acids is 1. The fourth-order valence-corrected chi connectivity index (χ4v) is 3.55. The number of carboxylic acid groups (broad SMARTS) is 1. The predicted molar refractivity (Wildman–Crippen MR) is 81.1 cm³/mol. The minimum Gasteiger partial charge on any atom is -0.481 e. The lowest BCUT2D eigenvalue weighted by Crippen LogP contribution is -2.48. The number of hydrogen-bond acceptors (Lipinski definition) is 2. The van der Waals surface area contributed by atoms with Gasteiger partial charge in [0, 0.05) is 19.6 Å². The van der Waals surface area contributed by atoms with E-state index in [4.69, 9.17) is 5.11 Å². The molecule has 0 radical (unpaired) electrons. The lowest BCUT2D eigenvalue weighted by molar-refractivity contribution is -0.143. The van der Waals surface area contributed by atoms with Crippen molar-refractivity contribution >= 4 is 12.0 Å². The fraction of sp³-hybridized carbons (Fsp3) is 0.875. The molecule has 0 aromatic carbocycles. The molecule has 0 aromatic rings. The second-order valence-electron chi connectivity index (χ2n) is 6.60. The van der Waals surface area contributed by atoms with Crippen LogP contribution in [0.1, 0.15) is 51.9 Å². The van der Waals surface area contributed by atoms with Gasteiger partial charge in [-0.05, 0) is 37.5 Å². The van der Waals surface area contributed by atoms with Gasteiger partial charge >= 0.3 is 12.0 Å². The molecule has 0 aromatic heterocycles. The van der Waals surface area contributed by atoms with Gasteiger partial charge in [-0.1, -0.05) is 26.2 Å². The Balaban J connectivity index is 1.71. The topological polar surface area (TPSA) is 69.6 Å². The molecule has 2 fully saturated rings.